The number of halogens is 4. The molecule has 1 aliphatic rings. The Balaban J connectivity index is 1.20. The fraction of sp³-hybridized carbons (Fsp3) is 0.317. The fourth-order valence-corrected chi connectivity index (χ4v) is 12.4. The van der Waals surface area contributed by atoms with Crippen LogP contribution in [0.25, 0.3) is 28.1 Å². The van der Waals surface area contributed by atoms with Crippen LogP contribution in [0.4, 0.5) is 22.4 Å². The molecule has 1 aliphatic heterocycles. The van der Waals surface area contributed by atoms with Gasteiger partial charge >= 0.3 is 12.3 Å². The molecule has 4 heterocycles. The first kappa shape index (κ1) is 38.9. The Morgan fingerprint density at radius 3 is 2.27 bits per heavy atom. The third-order valence-electron chi connectivity index (χ3n) is 10.2. The Labute approximate surface area is 322 Å². The topological polar surface area (TPSA) is 114 Å². The fourth-order valence-electron chi connectivity index (χ4n) is 7.80. The molecule has 0 bridgehead atoms. The maximum Gasteiger partial charge on any atom is 0.408 e. The van der Waals surface area contributed by atoms with Gasteiger partial charge < -0.3 is 19.6 Å². The number of amides is 1. The predicted molar refractivity (Wildman–Crippen MR) is 207 cm³/mol. The number of ether oxygens (including phenoxy) is 1. The molecule has 15 heteroatoms. The molecule has 2 N–H and O–H groups in total. The standard InChI is InChI=1S/C41H42F4N6O4Si/c1-26(25-54-56(40(2,3)4,31-11-7-5-8-12-31)32-13-9-6-10-14-32)55-34-22-29(42)21-27-15-17-33(47-36(27)34)38-49-48-35-18-16-28(23-51(35)38)37(41(43,44)45)50-20-19-30(24-50)46-39(52)53/h5-18,21-23,26,30,37,46H,19-20,24-25H2,1-4H3,(H,52,53)/t26-,30+,37-/m1/s1. The number of benzene rings is 3. The van der Waals surface area contributed by atoms with Gasteiger partial charge in [0.25, 0.3) is 8.32 Å². The van der Waals surface area contributed by atoms with E-state index >= 15 is 4.39 Å². The highest BCUT2D eigenvalue weighted by Crippen LogP contribution is 2.40. The molecule has 3 aromatic carbocycles. The highest BCUT2D eigenvalue weighted by Gasteiger charge is 2.50. The zero-order valence-corrected chi connectivity index (χ0v) is 32.3. The van der Waals surface area contributed by atoms with E-state index < -0.39 is 44.6 Å². The second-order valence-electron chi connectivity index (χ2n) is 15.2. The molecular weight excluding hydrogens is 745 g/mol. The SMILES string of the molecule is C[C@H](CO[Si](c1ccccc1)(c1ccccc1)C(C)(C)C)Oc1cc(F)cc2ccc(-c3nnc4ccc([C@@H](N5CC[C@H](NC(=O)O)C5)C(F)(F)F)cn34)nc12. The van der Waals surface area contributed by atoms with E-state index in [1.807, 2.05) is 43.3 Å². The van der Waals surface area contributed by atoms with Crippen LogP contribution in [0, 0.1) is 5.82 Å². The number of carboxylic acid groups (broad SMARTS) is 1. The highest BCUT2D eigenvalue weighted by atomic mass is 28.4. The minimum absolute atomic E-state index is 0.0507. The van der Waals surface area contributed by atoms with E-state index in [0.29, 0.717) is 16.6 Å². The van der Waals surface area contributed by atoms with Gasteiger partial charge in [0.2, 0.25) is 0 Å². The molecule has 3 atom stereocenters. The van der Waals surface area contributed by atoms with Gasteiger partial charge in [-0.05, 0) is 52.5 Å². The summed E-state index contributed by atoms with van der Waals surface area (Å²) in [5.74, 6) is -0.180. The number of pyridine rings is 2. The first-order valence-electron chi connectivity index (χ1n) is 18.3. The Morgan fingerprint density at radius 2 is 1.64 bits per heavy atom. The predicted octanol–water partition coefficient (Wildman–Crippen LogP) is 7.37. The van der Waals surface area contributed by atoms with Crippen molar-refractivity contribution in [3.8, 4) is 17.3 Å². The largest absolute Gasteiger partial charge is 0.486 e. The molecule has 1 amide bonds. The molecule has 0 unspecified atom stereocenters. The molecule has 3 aromatic heterocycles. The lowest BCUT2D eigenvalue weighted by molar-refractivity contribution is -0.184. The summed E-state index contributed by atoms with van der Waals surface area (Å²) in [6.45, 7) is 8.52. The van der Waals surface area contributed by atoms with Crippen LogP contribution in [0.15, 0.2) is 103 Å². The number of hydrogen-bond donors (Lipinski definition) is 2. The van der Waals surface area contributed by atoms with Crippen molar-refractivity contribution >= 4 is 41.3 Å². The van der Waals surface area contributed by atoms with Crippen molar-refractivity contribution in [1.82, 2.24) is 29.8 Å². The van der Waals surface area contributed by atoms with E-state index in [0.717, 1.165) is 10.4 Å². The van der Waals surface area contributed by atoms with Crippen molar-refractivity contribution in [2.75, 3.05) is 19.7 Å². The van der Waals surface area contributed by atoms with Gasteiger partial charge in [0, 0.05) is 36.8 Å². The molecule has 56 heavy (non-hydrogen) atoms. The van der Waals surface area contributed by atoms with E-state index in [1.165, 1.54) is 39.8 Å². The van der Waals surface area contributed by atoms with Gasteiger partial charge in [-0.15, -0.1) is 10.2 Å². The molecule has 1 saturated heterocycles. The van der Waals surface area contributed by atoms with Crippen LogP contribution in [-0.4, -0.2) is 82.0 Å². The molecule has 1 fully saturated rings. The molecule has 0 radical (unpaired) electrons. The molecule has 6 aromatic rings. The van der Waals surface area contributed by atoms with E-state index in [1.54, 1.807) is 12.1 Å². The van der Waals surface area contributed by atoms with Crippen molar-refractivity contribution in [2.24, 2.45) is 0 Å². The van der Waals surface area contributed by atoms with E-state index in [9.17, 15) is 18.0 Å². The summed E-state index contributed by atoms with van der Waals surface area (Å²) >= 11 is 0. The third kappa shape index (κ3) is 7.70. The lowest BCUT2D eigenvalue weighted by Crippen LogP contribution is -2.67. The highest BCUT2D eigenvalue weighted by molar-refractivity contribution is 6.99. The summed E-state index contributed by atoms with van der Waals surface area (Å²) in [6.07, 6.45) is -4.91. The van der Waals surface area contributed by atoms with Crippen LogP contribution in [0.2, 0.25) is 5.04 Å². The molecule has 0 saturated carbocycles. The van der Waals surface area contributed by atoms with Crippen molar-refractivity contribution in [2.45, 2.75) is 63.5 Å². The average Bonchev–Trinajstić information content (AvgIpc) is 3.78. The van der Waals surface area contributed by atoms with Crippen molar-refractivity contribution in [3.63, 3.8) is 0 Å². The number of hydrogen-bond acceptors (Lipinski definition) is 7. The van der Waals surface area contributed by atoms with E-state index in [-0.39, 0.29) is 54.0 Å². The van der Waals surface area contributed by atoms with E-state index in [4.69, 9.17) is 19.3 Å². The zero-order chi connectivity index (χ0) is 39.8. The van der Waals surface area contributed by atoms with Crippen molar-refractivity contribution in [1.29, 1.82) is 0 Å². The average molecular weight is 787 g/mol. The van der Waals surface area contributed by atoms with E-state index in [2.05, 4.69) is 60.6 Å². The van der Waals surface area contributed by atoms with Gasteiger partial charge in [-0.3, -0.25) is 9.30 Å². The molecule has 10 nitrogen and oxygen atoms in total. The Kier molecular flexibility index (Phi) is 10.6. The van der Waals surface area contributed by atoms with Crippen LogP contribution in [0.5, 0.6) is 5.75 Å². The van der Waals surface area contributed by atoms with Crippen LogP contribution in [-0.2, 0) is 4.43 Å². The summed E-state index contributed by atoms with van der Waals surface area (Å²) in [6, 6.07) is 26.4. The van der Waals surface area contributed by atoms with Gasteiger partial charge in [-0.2, -0.15) is 13.2 Å². The first-order valence-corrected chi connectivity index (χ1v) is 20.2. The Morgan fingerprint density at radius 1 is 0.964 bits per heavy atom. The van der Waals surface area contributed by atoms with Crippen LogP contribution < -0.4 is 20.4 Å². The van der Waals surface area contributed by atoms with Gasteiger partial charge in [0.15, 0.2) is 11.5 Å². The molecule has 0 spiro atoms. The van der Waals surface area contributed by atoms with Gasteiger partial charge in [0.1, 0.15) is 34.9 Å². The molecular formula is C41H42F4N6O4Si. The molecule has 0 aliphatic carbocycles. The molecule has 7 rings (SSSR count). The lowest BCUT2D eigenvalue weighted by Gasteiger charge is -2.43. The van der Waals surface area contributed by atoms with Gasteiger partial charge in [0.05, 0.1) is 6.61 Å². The van der Waals surface area contributed by atoms with Crippen LogP contribution in [0.1, 0.15) is 45.7 Å². The monoisotopic (exact) mass is 786 g/mol. The summed E-state index contributed by atoms with van der Waals surface area (Å²) in [7, 11) is -2.90. The second kappa shape index (κ2) is 15.3. The van der Waals surface area contributed by atoms with Crippen molar-refractivity contribution < 1.29 is 36.6 Å². The quantitative estimate of drug-likeness (QED) is 0.103. The van der Waals surface area contributed by atoms with Crippen molar-refractivity contribution in [3.05, 3.63) is 115 Å². The number of nitrogens with zero attached hydrogens (tertiary/aromatic N) is 5. The van der Waals surface area contributed by atoms with Crippen LogP contribution >= 0.6 is 0 Å². The Hall–Kier alpha value is -5.38. The number of nitrogens with one attached hydrogen (secondary N) is 1. The smallest absolute Gasteiger partial charge is 0.408 e. The normalized spacial score (nSPS) is 16.6. The summed E-state index contributed by atoms with van der Waals surface area (Å²) in [5, 5.41) is 22.2. The molecule has 292 valence electrons. The number of fused-ring (bicyclic) bond motifs is 2. The summed E-state index contributed by atoms with van der Waals surface area (Å²) in [5.41, 5.74) is 0.841. The Bertz CT molecular complexity index is 2300. The second-order valence-corrected chi connectivity index (χ2v) is 19.5. The first-order chi connectivity index (χ1) is 26.6. The zero-order valence-electron chi connectivity index (χ0n) is 31.3. The summed E-state index contributed by atoms with van der Waals surface area (Å²) in [4.78, 5) is 17.2. The minimum atomic E-state index is -4.66. The number of carbonyl (C=O) groups is 1. The maximum atomic E-state index is 15.0. The van der Waals surface area contributed by atoms with Gasteiger partial charge in [-0.25, -0.2) is 14.2 Å². The number of aromatic nitrogens is 4. The van der Waals surface area contributed by atoms with Crippen LogP contribution in [0.3, 0.4) is 0 Å². The number of rotatable bonds is 11. The number of alkyl halides is 3. The third-order valence-corrected chi connectivity index (χ3v) is 15.2. The lowest BCUT2D eigenvalue weighted by atomic mass is 10.1. The number of likely N-dealkylation sites (tertiary alicyclic amines) is 1. The minimum Gasteiger partial charge on any atom is -0.486 e. The summed E-state index contributed by atoms with van der Waals surface area (Å²) < 4.78 is 73.8. The maximum absolute atomic E-state index is 15.0. The van der Waals surface area contributed by atoms with Gasteiger partial charge in [-0.1, -0.05) is 93.6 Å².